The molecule has 3 nitrogen and oxygen atoms in total. The van der Waals surface area contributed by atoms with Crippen LogP contribution in [0.25, 0.3) is 0 Å². The SMILES string of the molecule is N#CC(NCCO)c1ccc(F)c(Br)c1. The molecule has 0 aliphatic heterocycles. The molecule has 1 unspecified atom stereocenters. The van der Waals surface area contributed by atoms with Crippen molar-refractivity contribution >= 4 is 15.9 Å². The topological polar surface area (TPSA) is 56.0 Å². The van der Waals surface area contributed by atoms with Gasteiger partial charge in [0.15, 0.2) is 0 Å². The van der Waals surface area contributed by atoms with Gasteiger partial charge in [-0.1, -0.05) is 6.07 Å². The molecule has 0 aromatic heterocycles. The standard InChI is InChI=1S/C10H10BrFN2O/c11-8-5-7(1-2-9(8)12)10(6-13)14-3-4-15/h1-2,5,10,14-15H,3-4H2. The maximum absolute atomic E-state index is 12.9. The summed E-state index contributed by atoms with van der Waals surface area (Å²) in [4.78, 5) is 0. The van der Waals surface area contributed by atoms with Gasteiger partial charge in [-0.05, 0) is 33.6 Å². The molecule has 0 amide bonds. The van der Waals surface area contributed by atoms with E-state index in [1.165, 1.54) is 6.07 Å². The minimum absolute atomic E-state index is 0.0411. The number of rotatable bonds is 4. The molecule has 15 heavy (non-hydrogen) atoms. The lowest BCUT2D eigenvalue weighted by atomic mass is 10.1. The summed E-state index contributed by atoms with van der Waals surface area (Å²) in [7, 11) is 0. The number of aliphatic hydroxyl groups excluding tert-OH is 1. The molecule has 80 valence electrons. The van der Waals surface area contributed by atoms with Crippen LogP contribution in [0.4, 0.5) is 4.39 Å². The summed E-state index contributed by atoms with van der Waals surface area (Å²) in [6.07, 6.45) is 0. The molecule has 0 bridgehead atoms. The molecule has 0 aliphatic carbocycles. The van der Waals surface area contributed by atoms with Crippen LogP contribution in [0.1, 0.15) is 11.6 Å². The lowest BCUT2D eigenvalue weighted by Crippen LogP contribution is -2.23. The Morgan fingerprint density at radius 3 is 2.87 bits per heavy atom. The molecular formula is C10H10BrFN2O. The second-order valence-corrected chi connectivity index (χ2v) is 3.77. The van der Waals surface area contributed by atoms with Crippen LogP contribution >= 0.6 is 15.9 Å². The van der Waals surface area contributed by atoms with Crippen molar-refractivity contribution in [1.82, 2.24) is 5.32 Å². The first-order valence-electron chi connectivity index (χ1n) is 4.38. The van der Waals surface area contributed by atoms with Gasteiger partial charge in [0.05, 0.1) is 17.1 Å². The van der Waals surface area contributed by atoms with Gasteiger partial charge < -0.3 is 5.11 Å². The second-order valence-electron chi connectivity index (χ2n) is 2.91. The lowest BCUT2D eigenvalue weighted by Gasteiger charge is -2.11. The Labute approximate surface area is 95.7 Å². The number of benzene rings is 1. The fourth-order valence-electron chi connectivity index (χ4n) is 1.14. The Hall–Kier alpha value is -0.960. The van der Waals surface area contributed by atoms with Crippen molar-refractivity contribution in [3.63, 3.8) is 0 Å². The Balaban J connectivity index is 2.84. The van der Waals surface area contributed by atoms with Crippen LogP contribution < -0.4 is 5.32 Å². The number of nitriles is 1. The monoisotopic (exact) mass is 272 g/mol. The highest BCUT2D eigenvalue weighted by atomic mass is 79.9. The van der Waals surface area contributed by atoms with Gasteiger partial charge in [0.25, 0.3) is 0 Å². The van der Waals surface area contributed by atoms with Gasteiger partial charge in [-0.15, -0.1) is 0 Å². The third kappa shape index (κ3) is 3.27. The summed E-state index contributed by atoms with van der Waals surface area (Å²) in [6.45, 7) is 0.285. The van der Waals surface area contributed by atoms with E-state index < -0.39 is 6.04 Å². The van der Waals surface area contributed by atoms with Crippen molar-refractivity contribution in [3.05, 3.63) is 34.1 Å². The first-order chi connectivity index (χ1) is 7.19. The minimum atomic E-state index is -0.533. The number of nitrogens with zero attached hydrogens (tertiary/aromatic N) is 1. The van der Waals surface area contributed by atoms with E-state index in [2.05, 4.69) is 21.2 Å². The van der Waals surface area contributed by atoms with Crippen molar-refractivity contribution in [3.8, 4) is 6.07 Å². The van der Waals surface area contributed by atoms with Gasteiger partial charge >= 0.3 is 0 Å². The van der Waals surface area contributed by atoms with Crippen LogP contribution in [0.5, 0.6) is 0 Å². The van der Waals surface area contributed by atoms with E-state index >= 15 is 0 Å². The zero-order chi connectivity index (χ0) is 11.3. The van der Waals surface area contributed by atoms with Crippen LogP contribution in [-0.4, -0.2) is 18.3 Å². The van der Waals surface area contributed by atoms with Gasteiger partial charge in [-0.2, -0.15) is 5.26 Å². The van der Waals surface area contributed by atoms with E-state index in [1.807, 2.05) is 6.07 Å². The number of nitrogens with one attached hydrogen (secondary N) is 1. The summed E-state index contributed by atoms with van der Waals surface area (Å²) in [5.41, 5.74) is 0.666. The summed E-state index contributed by atoms with van der Waals surface area (Å²) < 4.78 is 13.3. The summed E-state index contributed by atoms with van der Waals surface area (Å²) in [6, 6.07) is 5.89. The summed E-state index contributed by atoms with van der Waals surface area (Å²) in [5.74, 6) is -0.363. The predicted molar refractivity (Wildman–Crippen MR) is 57.5 cm³/mol. The molecule has 0 aliphatic rings. The van der Waals surface area contributed by atoms with E-state index in [0.29, 0.717) is 16.6 Å². The van der Waals surface area contributed by atoms with Crippen molar-refractivity contribution in [2.24, 2.45) is 0 Å². The van der Waals surface area contributed by atoms with Gasteiger partial charge in [0, 0.05) is 6.54 Å². The van der Waals surface area contributed by atoms with Crippen LogP contribution in [0.3, 0.4) is 0 Å². The Kier molecular flexibility index (Phi) is 4.69. The van der Waals surface area contributed by atoms with E-state index in [9.17, 15) is 4.39 Å². The van der Waals surface area contributed by atoms with Crippen LogP contribution in [-0.2, 0) is 0 Å². The largest absolute Gasteiger partial charge is 0.395 e. The molecule has 1 aromatic carbocycles. The molecule has 0 spiro atoms. The van der Waals surface area contributed by atoms with Gasteiger partial charge in [-0.25, -0.2) is 4.39 Å². The van der Waals surface area contributed by atoms with Crippen LogP contribution in [0.15, 0.2) is 22.7 Å². The molecule has 0 saturated carbocycles. The highest BCUT2D eigenvalue weighted by Crippen LogP contribution is 2.20. The molecular weight excluding hydrogens is 263 g/mol. The molecule has 1 rings (SSSR count). The average molecular weight is 273 g/mol. The average Bonchev–Trinajstić information content (AvgIpc) is 2.24. The quantitative estimate of drug-likeness (QED) is 0.878. The molecule has 1 atom stereocenters. The van der Waals surface area contributed by atoms with Gasteiger partial charge in [0.2, 0.25) is 0 Å². The van der Waals surface area contributed by atoms with Gasteiger partial charge in [0.1, 0.15) is 11.9 Å². The lowest BCUT2D eigenvalue weighted by molar-refractivity contribution is 0.289. The maximum atomic E-state index is 12.9. The Morgan fingerprint density at radius 1 is 1.60 bits per heavy atom. The molecule has 5 heteroatoms. The molecule has 0 fully saturated rings. The van der Waals surface area contributed by atoms with Crippen molar-refractivity contribution in [1.29, 1.82) is 5.26 Å². The number of halogens is 2. The highest BCUT2D eigenvalue weighted by Gasteiger charge is 2.10. The normalized spacial score (nSPS) is 12.1. The van der Waals surface area contributed by atoms with E-state index in [1.54, 1.807) is 12.1 Å². The maximum Gasteiger partial charge on any atom is 0.137 e. The summed E-state index contributed by atoms with van der Waals surface area (Å²) in [5, 5.41) is 20.3. The zero-order valence-corrected chi connectivity index (χ0v) is 9.46. The minimum Gasteiger partial charge on any atom is -0.395 e. The van der Waals surface area contributed by atoms with Crippen LogP contribution in [0, 0.1) is 17.1 Å². The number of hydrogen-bond donors (Lipinski definition) is 2. The first kappa shape index (κ1) is 12.1. The van der Waals surface area contributed by atoms with Crippen molar-refractivity contribution < 1.29 is 9.50 Å². The van der Waals surface area contributed by atoms with E-state index in [0.717, 1.165) is 0 Å². The number of aliphatic hydroxyl groups is 1. The van der Waals surface area contributed by atoms with Crippen molar-refractivity contribution in [2.45, 2.75) is 6.04 Å². The van der Waals surface area contributed by atoms with E-state index in [4.69, 9.17) is 10.4 Å². The molecule has 1 aromatic rings. The molecule has 0 saturated heterocycles. The highest BCUT2D eigenvalue weighted by molar-refractivity contribution is 9.10. The molecule has 0 radical (unpaired) electrons. The van der Waals surface area contributed by atoms with Crippen molar-refractivity contribution in [2.75, 3.05) is 13.2 Å². The van der Waals surface area contributed by atoms with E-state index in [-0.39, 0.29) is 12.4 Å². The predicted octanol–water partition coefficient (Wildman–Crippen LogP) is 1.73. The fourth-order valence-corrected chi connectivity index (χ4v) is 1.54. The first-order valence-corrected chi connectivity index (χ1v) is 5.17. The Bertz CT molecular complexity index is 378. The third-order valence-electron chi connectivity index (χ3n) is 1.87. The van der Waals surface area contributed by atoms with Gasteiger partial charge in [-0.3, -0.25) is 5.32 Å². The molecule has 2 N–H and O–H groups in total. The second kappa shape index (κ2) is 5.81. The Morgan fingerprint density at radius 2 is 2.33 bits per heavy atom. The fraction of sp³-hybridized carbons (Fsp3) is 0.300. The summed E-state index contributed by atoms with van der Waals surface area (Å²) >= 11 is 3.05. The molecule has 0 heterocycles. The number of hydrogen-bond acceptors (Lipinski definition) is 3. The smallest absolute Gasteiger partial charge is 0.137 e. The third-order valence-corrected chi connectivity index (χ3v) is 2.47. The van der Waals surface area contributed by atoms with Crippen LogP contribution in [0.2, 0.25) is 0 Å². The zero-order valence-electron chi connectivity index (χ0n) is 7.87.